The van der Waals surface area contributed by atoms with Crippen LogP contribution in [0.3, 0.4) is 0 Å². The Labute approximate surface area is 151 Å². The minimum Gasteiger partial charge on any atom is -0.504 e. The van der Waals surface area contributed by atoms with Crippen molar-refractivity contribution in [3.05, 3.63) is 52.1 Å². The van der Waals surface area contributed by atoms with Crippen molar-refractivity contribution in [1.29, 1.82) is 0 Å². The highest BCUT2D eigenvalue weighted by atomic mass is 16.6. The molecule has 0 atom stereocenters. The fraction of sp³-hybridized carbons (Fsp3) is 0.316. The van der Waals surface area contributed by atoms with Crippen molar-refractivity contribution < 1.29 is 14.8 Å². The van der Waals surface area contributed by atoms with Crippen LogP contribution in [-0.2, 0) is 0 Å². The number of ether oxygens (including phenoxy) is 1. The minimum absolute atomic E-state index is 0.0764. The number of nitro benzene ring substituents is 1. The van der Waals surface area contributed by atoms with Gasteiger partial charge >= 0.3 is 0 Å². The van der Waals surface area contributed by atoms with Crippen molar-refractivity contribution in [2.24, 2.45) is 4.99 Å². The molecule has 0 unspecified atom stereocenters. The first-order valence-electron chi connectivity index (χ1n) is 8.61. The Morgan fingerprint density at radius 1 is 1.27 bits per heavy atom. The van der Waals surface area contributed by atoms with Gasteiger partial charge in [0.05, 0.1) is 23.3 Å². The summed E-state index contributed by atoms with van der Waals surface area (Å²) in [7, 11) is 0. The van der Waals surface area contributed by atoms with Crippen molar-refractivity contribution in [1.82, 2.24) is 0 Å². The van der Waals surface area contributed by atoms with Crippen LogP contribution in [0.4, 0.5) is 17.1 Å². The van der Waals surface area contributed by atoms with Gasteiger partial charge in [-0.15, -0.1) is 0 Å². The lowest BCUT2D eigenvalue weighted by Crippen LogP contribution is -2.17. The number of aromatic hydroxyl groups is 1. The molecule has 1 saturated heterocycles. The molecule has 1 aliphatic rings. The molecule has 1 fully saturated rings. The Balaban J connectivity index is 1.83. The van der Waals surface area contributed by atoms with Crippen molar-refractivity contribution >= 4 is 23.3 Å². The standard InChI is InChI=1S/C19H21N3O4/c1-2-26-18-12-17(22(24)25)11-14(19(18)23)13-20-15-5-7-16(8-6-15)21-9-3-4-10-21/h5-8,11-13,23H,2-4,9-10H2,1H3. The molecule has 3 rings (SSSR count). The molecule has 2 aromatic rings. The fourth-order valence-electron chi connectivity index (χ4n) is 2.95. The van der Waals surface area contributed by atoms with Crippen LogP contribution in [0.2, 0.25) is 0 Å². The minimum atomic E-state index is -0.524. The number of anilines is 1. The number of nitrogens with zero attached hydrogens (tertiary/aromatic N) is 3. The Morgan fingerprint density at radius 3 is 2.58 bits per heavy atom. The number of phenols is 1. The first-order chi connectivity index (χ1) is 12.6. The summed E-state index contributed by atoms with van der Waals surface area (Å²) in [5.74, 6) is -0.0811. The lowest BCUT2D eigenvalue weighted by Gasteiger charge is -2.17. The van der Waals surface area contributed by atoms with Gasteiger partial charge in [-0.1, -0.05) is 0 Å². The third-order valence-corrected chi connectivity index (χ3v) is 4.27. The van der Waals surface area contributed by atoms with Crippen molar-refractivity contribution in [3.63, 3.8) is 0 Å². The molecular formula is C19H21N3O4. The molecule has 0 aromatic heterocycles. The molecule has 0 bridgehead atoms. The monoisotopic (exact) mass is 355 g/mol. The van der Waals surface area contributed by atoms with Crippen LogP contribution in [0.1, 0.15) is 25.3 Å². The lowest BCUT2D eigenvalue weighted by atomic mass is 10.1. The maximum Gasteiger partial charge on any atom is 0.274 e. The highest BCUT2D eigenvalue weighted by Gasteiger charge is 2.16. The van der Waals surface area contributed by atoms with Crippen molar-refractivity contribution in [2.45, 2.75) is 19.8 Å². The summed E-state index contributed by atoms with van der Waals surface area (Å²) in [6, 6.07) is 10.3. The average molecular weight is 355 g/mol. The molecule has 2 aromatic carbocycles. The number of non-ortho nitro benzene ring substituents is 1. The highest BCUT2D eigenvalue weighted by molar-refractivity contribution is 5.88. The molecule has 1 heterocycles. The van der Waals surface area contributed by atoms with Crippen LogP contribution in [0.15, 0.2) is 41.4 Å². The van der Waals surface area contributed by atoms with Gasteiger partial charge in [0, 0.05) is 36.6 Å². The quantitative estimate of drug-likeness (QED) is 0.480. The molecule has 136 valence electrons. The average Bonchev–Trinajstić information content (AvgIpc) is 3.17. The van der Waals surface area contributed by atoms with Crippen LogP contribution in [0, 0.1) is 10.1 Å². The van der Waals surface area contributed by atoms with Crippen LogP contribution in [0.25, 0.3) is 0 Å². The highest BCUT2D eigenvalue weighted by Crippen LogP contribution is 2.34. The van der Waals surface area contributed by atoms with Gasteiger partial charge < -0.3 is 14.7 Å². The third kappa shape index (κ3) is 3.93. The van der Waals surface area contributed by atoms with Crippen LogP contribution in [-0.4, -0.2) is 35.9 Å². The molecule has 0 saturated carbocycles. The van der Waals surface area contributed by atoms with E-state index in [1.165, 1.54) is 36.9 Å². The topological polar surface area (TPSA) is 88.2 Å². The van der Waals surface area contributed by atoms with Gasteiger partial charge in [-0.25, -0.2) is 0 Å². The zero-order valence-electron chi connectivity index (χ0n) is 14.6. The summed E-state index contributed by atoms with van der Waals surface area (Å²) in [6.45, 7) is 4.19. The number of hydrogen-bond acceptors (Lipinski definition) is 6. The molecular weight excluding hydrogens is 334 g/mol. The predicted octanol–water partition coefficient (Wildman–Crippen LogP) is 4.05. The van der Waals surface area contributed by atoms with Crippen molar-refractivity contribution in [2.75, 3.05) is 24.6 Å². The zero-order valence-corrected chi connectivity index (χ0v) is 14.6. The summed E-state index contributed by atoms with van der Waals surface area (Å²) in [4.78, 5) is 17.2. The third-order valence-electron chi connectivity index (χ3n) is 4.27. The van der Waals surface area contributed by atoms with Gasteiger partial charge in [0.25, 0.3) is 5.69 Å². The van der Waals surface area contributed by atoms with E-state index in [1.54, 1.807) is 6.92 Å². The Bertz CT molecular complexity index is 812. The summed E-state index contributed by atoms with van der Waals surface area (Å²) < 4.78 is 5.27. The van der Waals surface area contributed by atoms with Crippen molar-refractivity contribution in [3.8, 4) is 11.5 Å². The summed E-state index contributed by atoms with van der Waals surface area (Å²) >= 11 is 0. The second-order valence-corrected chi connectivity index (χ2v) is 6.04. The fourth-order valence-corrected chi connectivity index (χ4v) is 2.95. The van der Waals surface area contributed by atoms with E-state index in [4.69, 9.17) is 4.74 Å². The lowest BCUT2D eigenvalue weighted by molar-refractivity contribution is -0.385. The van der Waals surface area contributed by atoms with Gasteiger partial charge in [-0.3, -0.25) is 15.1 Å². The van der Waals surface area contributed by atoms with Crippen LogP contribution in [0.5, 0.6) is 11.5 Å². The van der Waals surface area contributed by atoms with E-state index in [0.717, 1.165) is 13.1 Å². The van der Waals surface area contributed by atoms with Gasteiger partial charge in [0.1, 0.15) is 0 Å². The van der Waals surface area contributed by atoms with E-state index in [1.807, 2.05) is 24.3 Å². The Hall–Kier alpha value is -3.09. The SMILES string of the molecule is CCOc1cc([N+](=O)[O-])cc(C=Nc2ccc(N3CCCC3)cc2)c1O. The zero-order chi connectivity index (χ0) is 18.5. The van der Waals surface area contributed by atoms with E-state index in [2.05, 4.69) is 9.89 Å². The van der Waals surface area contributed by atoms with E-state index < -0.39 is 4.92 Å². The van der Waals surface area contributed by atoms with E-state index in [9.17, 15) is 15.2 Å². The molecule has 1 N–H and O–H groups in total. The first kappa shape index (κ1) is 17.7. The summed E-state index contributed by atoms with van der Waals surface area (Å²) in [5, 5.41) is 21.3. The first-order valence-corrected chi connectivity index (χ1v) is 8.61. The largest absolute Gasteiger partial charge is 0.504 e. The molecule has 7 nitrogen and oxygen atoms in total. The molecule has 1 aliphatic heterocycles. The molecule has 0 spiro atoms. The number of benzene rings is 2. The maximum absolute atomic E-state index is 11.1. The van der Waals surface area contributed by atoms with Gasteiger partial charge in [0.15, 0.2) is 11.5 Å². The molecule has 0 amide bonds. The number of phenolic OH excluding ortho intramolecular Hbond substituents is 1. The maximum atomic E-state index is 11.1. The number of hydrogen-bond donors (Lipinski definition) is 1. The number of nitro groups is 1. The van der Waals surface area contributed by atoms with Gasteiger partial charge in [-0.2, -0.15) is 0 Å². The molecule has 0 aliphatic carbocycles. The predicted molar refractivity (Wildman–Crippen MR) is 101 cm³/mol. The molecule has 7 heteroatoms. The summed E-state index contributed by atoms with van der Waals surface area (Å²) in [5.41, 5.74) is 1.96. The normalized spacial score (nSPS) is 14.1. The Kier molecular flexibility index (Phi) is 5.36. The van der Waals surface area contributed by atoms with E-state index >= 15 is 0 Å². The Morgan fingerprint density at radius 2 is 1.96 bits per heavy atom. The second kappa shape index (κ2) is 7.86. The second-order valence-electron chi connectivity index (χ2n) is 6.04. The van der Waals surface area contributed by atoms with E-state index in [0.29, 0.717) is 12.3 Å². The smallest absolute Gasteiger partial charge is 0.274 e. The number of aliphatic imine (C=N–C) groups is 1. The number of rotatable bonds is 6. The van der Waals surface area contributed by atoms with Crippen LogP contribution < -0.4 is 9.64 Å². The summed E-state index contributed by atoms with van der Waals surface area (Å²) in [6.07, 6.45) is 3.85. The molecule has 26 heavy (non-hydrogen) atoms. The van der Waals surface area contributed by atoms with Gasteiger partial charge in [-0.05, 0) is 44.0 Å². The molecule has 0 radical (unpaired) electrons. The van der Waals surface area contributed by atoms with Crippen LogP contribution >= 0.6 is 0 Å². The van der Waals surface area contributed by atoms with E-state index in [-0.39, 0.29) is 22.7 Å². The van der Waals surface area contributed by atoms with Gasteiger partial charge in [0.2, 0.25) is 0 Å².